The summed E-state index contributed by atoms with van der Waals surface area (Å²) in [4.78, 5) is 9.12. The van der Waals surface area contributed by atoms with Gasteiger partial charge in [0.25, 0.3) is 0 Å². The molecule has 0 aliphatic carbocycles. The molecule has 3 aromatic heterocycles. The van der Waals surface area contributed by atoms with Crippen LogP contribution in [0.15, 0.2) is 56.5 Å². The van der Waals surface area contributed by atoms with Crippen LogP contribution in [-0.4, -0.2) is 40.8 Å². The van der Waals surface area contributed by atoms with Crippen molar-refractivity contribution in [2.45, 2.75) is 33.2 Å². The van der Waals surface area contributed by atoms with E-state index in [0.29, 0.717) is 37.1 Å². The predicted molar refractivity (Wildman–Crippen MR) is 123 cm³/mol. The second-order valence-electron chi connectivity index (χ2n) is 7.22. The molecule has 0 amide bonds. The number of para-hydroxylation sites is 1. The van der Waals surface area contributed by atoms with E-state index in [2.05, 4.69) is 30.8 Å². The van der Waals surface area contributed by atoms with Crippen LogP contribution in [-0.2, 0) is 6.42 Å². The minimum Gasteiger partial charge on any atom is -0.490 e. The summed E-state index contributed by atoms with van der Waals surface area (Å²) in [5.41, 5.74) is 0.762. The maximum atomic E-state index is 6.10. The SMILES string of the molecule is CCNC(=NCCc1nc(-c2ccco2)n[nH]1)NC(C)c1cc2cccc(OCC)c2o1. The van der Waals surface area contributed by atoms with Crippen LogP contribution in [0.25, 0.3) is 22.6 Å². The summed E-state index contributed by atoms with van der Waals surface area (Å²) in [6.45, 7) is 7.92. The number of nitrogens with one attached hydrogen (secondary N) is 3. The van der Waals surface area contributed by atoms with E-state index in [9.17, 15) is 0 Å². The van der Waals surface area contributed by atoms with Crippen molar-refractivity contribution in [2.75, 3.05) is 19.7 Å². The summed E-state index contributed by atoms with van der Waals surface area (Å²) >= 11 is 0. The first-order valence-electron chi connectivity index (χ1n) is 10.8. The molecule has 4 aromatic rings. The molecule has 0 spiro atoms. The fourth-order valence-electron chi connectivity index (χ4n) is 3.33. The molecule has 3 heterocycles. The van der Waals surface area contributed by atoms with E-state index in [1.54, 1.807) is 6.26 Å². The van der Waals surface area contributed by atoms with E-state index in [1.807, 2.05) is 57.2 Å². The molecule has 9 nitrogen and oxygen atoms in total. The maximum absolute atomic E-state index is 6.10. The number of hydrogen-bond donors (Lipinski definition) is 3. The van der Waals surface area contributed by atoms with Gasteiger partial charge in [0.1, 0.15) is 11.6 Å². The minimum atomic E-state index is -0.0782. The maximum Gasteiger partial charge on any atom is 0.216 e. The third-order valence-electron chi connectivity index (χ3n) is 4.84. The number of ether oxygens (including phenoxy) is 1. The van der Waals surface area contributed by atoms with E-state index in [-0.39, 0.29) is 6.04 Å². The molecule has 1 atom stereocenters. The number of fused-ring (bicyclic) bond motifs is 1. The van der Waals surface area contributed by atoms with Gasteiger partial charge >= 0.3 is 0 Å². The van der Waals surface area contributed by atoms with Gasteiger partial charge in [-0.1, -0.05) is 12.1 Å². The predicted octanol–water partition coefficient (Wildman–Crippen LogP) is 4.07. The fourth-order valence-corrected chi connectivity index (χ4v) is 3.33. The van der Waals surface area contributed by atoms with Gasteiger partial charge < -0.3 is 24.2 Å². The van der Waals surface area contributed by atoms with Gasteiger partial charge in [0.2, 0.25) is 5.82 Å². The number of H-pyrrole nitrogens is 1. The smallest absolute Gasteiger partial charge is 0.216 e. The molecule has 0 radical (unpaired) electrons. The number of hydrogen-bond acceptors (Lipinski definition) is 6. The second-order valence-corrected chi connectivity index (χ2v) is 7.22. The standard InChI is InChI=1S/C23H28N6O3/c1-4-24-23(25-12-11-20-27-22(29-28-20)18-10-7-13-31-18)26-15(3)19-14-16-8-6-9-17(30-5-2)21(16)32-19/h6-10,13-15H,4-5,11-12H2,1-3H3,(H2,24,25,26)(H,27,28,29). The Morgan fingerprint density at radius 2 is 2.16 bits per heavy atom. The molecule has 0 saturated heterocycles. The molecule has 1 aromatic carbocycles. The lowest BCUT2D eigenvalue weighted by molar-refractivity contribution is 0.336. The quantitative estimate of drug-likeness (QED) is 0.268. The largest absolute Gasteiger partial charge is 0.490 e. The molecular weight excluding hydrogens is 408 g/mol. The number of benzene rings is 1. The summed E-state index contributed by atoms with van der Waals surface area (Å²) in [5, 5.41) is 14.8. The molecule has 4 rings (SSSR count). The molecular formula is C23H28N6O3. The molecule has 0 aliphatic rings. The molecule has 1 unspecified atom stereocenters. The van der Waals surface area contributed by atoms with Gasteiger partial charge in [-0.25, -0.2) is 4.98 Å². The van der Waals surface area contributed by atoms with Crippen LogP contribution in [0, 0.1) is 0 Å². The molecule has 168 valence electrons. The Morgan fingerprint density at radius 1 is 1.25 bits per heavy atom. The van der Waals surface area contributed by atoms with E-state index < -0.39 is 0 Å². The molecule has 0 fully saturated rings. The summed E-state index contributed by atoms with van der Waals surface area (Å²) in [5.74, 6) is 4.21. The highest BCUT2D eigenvalue weighted by Gasteiger charge is 2.15. The van der Waals surface area contributed by atoms with Crippen LogP contribution in [0.1, 0.15) is 38.4 Å². The summed E-state index contributed by atoms with van der Waals surface area (Å²) in [7, 11) is 0. The van der Waals surface area contributed by atoms with Gasteiger partial charge in [0.05, 0.1) is 18.9 Å². The van der Waals surface area contributed by atoms with Gasteiger partial charge in [-0.05, 0) is 45.0 Å². The summed E-state index contributed by atoms with van der Waals surface area (Å²) in [6.07, 6.45) is 2.23. The van der Waals surface area contributed by atoms with Gasteiger partial charge in [-0.15, -0.1) is 0 Å². The lowest BCUT2D eigenvalue weighted by Gasteiger charge is -2.16. The van der Waals surface area contributed by atoms with E-state index in [1.165, 1.54) is 0 Å². The summed E-state index contributed by atoms with van der Waals surface area (Å²) in [6, 6.07) is 11.5. The highest BCUT2D eigenvalue weighted by atomic mass is 16.5. The molecule has 3 N–H and O–H groups in total. The normalized spacial score (nSPS) is 12.8. The van der Waals surface area contributed by atoms with Crippen LogP contribution in [0.2, 0.25) is 0 Å². The van der Waals surface area contributed by atoms with Crippen LogP contribution in [0.5, 0.6) is 5.75 Å². The fraction of sp³-hybridized carbons (Fsp3) is 0.348. The highest BCUT2D eigenvalue weighted by molar-refractivity contribution is 5.84. The highest BCUT2D eigenvalue weighted by Crippen LogP contribution is 2.31. The average Bonchev–Trinajstić information content (AvgIpc) is 3.54. The van der Waals surface area contributed by atoms with Crippen molar-refractivity contribution in [3.63, 3.8) is 0 Å². The van der Waals surface area contributed by atoms with Crippen molar-refractivity contribution in [3.8, 4) is 17.3 Å². The number of aromatic amines is 1. The van der Waals surface area contributed by atoms with Gasteiger partial charge in [-0.2, -0.15) is 5.10 Å². The zero-order valence-corrected chi connectivity index (χ0v) is 18.5. The Labute approximate surface area is 186 Å². The second kappa shape index (κ2) is 10.0. The van der Waals surface area contributed by atoms with Crippen LogP contribution in [0.4, 0.5) is 0 Å². The first kappa shape index (κ1) is 21.5. The van der Waals surface area contributed by atoms with Crippen LogP contribution in [0.3, 0.4) is 0 Å². The number of aromatic nitrogens is 3. The van der Waals surface area contributed by atoms with Gasteiger partial charge in [0.15, 0.2) is 23.1 Å². The van der Waals surface area contributed by atoms with Crippen molar-refractivity contribution < 1.29 is 13.6 Å². The van der Waals surface area contributed by atoms with E-state index >= 15 is 0 Å². The molecule has 0 bridgehead atoms. The number of furan rings is 2. The van der Waals surface area contributed by atoms with Crippen molar-refractivity contribution in [2.24, 2.45) is 4.99 Å². The Hall–Kier alpha value is -3.75. The van der Waals surface area contributed by atoms with Crippen molar-refractivity contribution >= 4 is 16.9 Å². The Bertz CT molecular complexity index is 1160. The zero-order valence-electron chi connectivity index (χ0n) is 18.5. The van der Waals surface area contributed by atoms with Gasteiger partial charge in [-0.3, -0.25) is 10.1 Å². The van der Waals surface area contributed by atoms with Crippen molar-refractivity contribution in [1.82, 2.24) is 25.8 Å². The first-order chi connectivity index (χ1) is 15.7. The molecule has 0 aliphatic heterocycles. The Kier molecular flexibility index (Phi) is 6.74. The number of aliphatic imine (C=N–C) groups is 1. The Morgan fingerprint density at radius 3 is 2.94 bits per heavy atom. The molecule has 0 saturated carbocycles. The lowest BCUT2D eigenvalue weighted by Crippen LogP contribution is -2.38. The van der Waals surface area contributed by atoms with Gasteiger partial charge in [0, 0.05) is 24.9 Å². The molecule has 9 heteroatoms. The first-order valence-corrected chi connectivity index (χ1v) is 10.8. The topological polar surface area (TPSA) is 114 Å². The Balaban J connectivity index is 1.41. The minimum absolute atomic E-state index is 0.0782. The van der Waals surface area contributed by atoms with E-state index in [0.717, 1.165) is 34.8 Å². The third-order valence-corrected chi connectivity index (χ3v) is 4.84. The monoisotopic (exact) mass is 436 g/mol. The van der Waals surface area contributed by atoms with Crippen molar-refractivity contribution in [1.29, 1.82) is 0 Å². The average molecular weight is 437 g/mol. The van der Waals surface area contributed by atoms with E-state index in [4.69, 9.17) is 13.6 Å². The molecule has 32 heavy (non-hydrogen) atoms. The van der Waals surface area contributed by atoms with Crippen LogP contribution >= 0.6 is 0 Å². The third kappa shape index (κ3) is 4.93. The van der Waals surface area contributed by atoms with Crippen LogP contribution < -0.4 is 15.4 Å². The number of rotatable bonds is 9. The zero-order chi connectivity index (χ0) is 22.3. The number of guanidine groups is 1. The summed E-state index contributed by atoms with van der Waals surface area (Å²) < 4.78 is 17.1. The lowest BCUT2D eigenvalue weighted by atomic mass is 10.2. The number of nitrogens with zero attached hydrogens (tertiary/aromatic N) is 3. The van der Waals surface area contributed by atoms with Crippen molar-refractivity contribution in [3.05, 3.63) is 54.2 Å².